The largest absolute Gasteiger partial charge is 0.326 e. The van der Waals surface area contributed by atoms with E-state index in [2.05, 4.69) is 26.3 Å². The Hall–Kier alpha value is -3.43. The van der Waals surface area contributed by atoms with E-state index < -0.39 is 6.03 Å². The average Bonchev–Trinajstić information content (AvgIpc) is 3.01. The van der Waals surface area contributed by atoms with Gasteiger partial charge in [-0.1, -0.05) is 35.1 Å². The van der Waals surface area contributed by atoms with Gasteiger partial charge < -0.3 is 16.0 Å². The van der Waals surface area contributed by atoms with E-state index in [1.807, 2.05) is 0 Å². The molecule has 4 N–H and O–H groups in total. The van der Waals surface area contributed by atoms with Gasteiger partial charge in [-0.05, 0) is 43.3 Å². The molecule has 3 rings (SSSR count). The highest BCUT2D eigenvalue weighted by Gasteiger charge is 2.17. The Morgan fingerprint density at radius 3 is 2.20 bits per heavy atom. The zero-order chi connectivity index (χ0) is 21.7. The summed E-state index contributed by atoms with van der Waals surface area (Å²) < 4.78 is 0. The second-order valence-electron chi connectivity index (χ2n) is 6.24. The summed E-state index contributed by atoms with van der Waals surface area (Å²) in [6, 6.07) is 13.0. The summed E-state index contributed by atoms with van der Waals surface area (Å²) in [4.78, 5) is 40.6. The van der Waals surface area contributed by atoms with E-state index in [0.717, 1.165) is 11.3 Å². The molecule has 1 heterocycles. The van der Waals surface area contributed by atoms with Crippen molar-refractivity contribution in [1.29, 1.82) is 0 Å². The van der Waals surface area contributed by atoms with Crippen molar-refractivity contribution in [2.45, 2.75) is 13.8 Å². The van der Waals surface area contributed by atoms with Crippen LogP contribution in [-0.2, 0) is 4.79 Å². The molecule has 0 saturated heterocycles. The number of benzene rings is 2. The van der Waals surface area contributed by atoms with E-state index >= 15 is 0 Å². The highest BCUT2D eigenvalue weighted by Crippen LogP contribution is 2.25. The molecule has 0 radical (unpaired) electrons. The molecule has 0 bridgehead atoms. The predicted octanol–water partition coefficient (Wildman–Crippen LogP) is 4.96. The number of hydrogen-bond acceptors (Lipinski definition) is 5. The summed E-state index contributed by atoms with van der Waals surface area (Å²) in [5, 5.41) is 11.5. The average molecular weight is 444 g/mol. The minimum absolute atomic E-state index is 0.205. The molecule has 3 aromatic rings. The molecule has 154 valence electrons. The van der Waals surface area contributed by atoms with Crippen LogP contribution in [0.5, 0.6) is 0 Å². The zero-order valence-electron chi connectivity index (χ0n) is 16.1. The summed E-state index contributed by atoms with van der Waals surface area (Å²) in [6.45, 7) is 3.09. The van der Waals surface area contributed by atoms with E-state index in [0.29, 0.717) is 32.7 Å². The lowest BCUT2D eigenvalue weighted by Gasteiger charge is -2.07. The number of anilines is 4. The van der Waals surface area contributed by atoms with E-state index in [9.17, 15) is 14.4 Å². The van der Waals surface area contributed by atoms with Crippen LogP contribution in [0.3, 0.4) is 0 Å². The summed E-state index contributed by atoms with van der Waals surface area (Å²) in [5.41, 5.74) is 2.10. The maximum absolute atomic E-state index is 12.6. The molecule has 30 heavy (non-hydrogen) atoms. The third-order valence-corrected chi connectivity index (χ3v) is 5.05. The van der Waals surface area contributed by atoms with Crippen LogP contribution < -0.4 is 21.3 Å². The number of amides is 4. The van der Waals surface area contributed by atoms with Crippen LogP contribution in [-0.4, -0.2) is 22.8 Å². The van der Waals surface area contributed by atoms with Crippen molar-refractivity contribution in [2.24, 2.45) is 0 Å². The number of hydrogen-bond donors (Lipinski definition) is 4. The standard InChI is InChI=1S/C20H18ClN5O3S/c1-11-17(18(28)24-16-8-4-7-15(10-16)23-12(2)27)30-20(22-11)26-19(29)25-14-6-3-5-13(21)9-14/h3-10H,1-2H3,(H,23,27)(H,24,28)(H2,22,25,26,29). The highest BCUT2D eigenvalue weighted by atomic mass is 35.5. The second-order valence-corrected chi connectivity index (χ2v) is 7.67. The SMILES string of the molecule is CC(=O)Nc1cccc(NC(=O)c2sc(NC(=O)Nc3cccc(Cl)c3)nc2C)c1. The Bertz CT molecular complexity index is 1120. The first-order valence-corrected chi connectivity index (χ1v) is 9.99. The number of carbonyl (C=O) groups is 3. The van der Waals surface area contributed by atoms with Gasteiger partial charge in [-0.15, -0.1) is 0 Å². The van der Waals surface area contributed by atoms with Crippen molar-refractivity contribution < 1.29 is 14.4 Å². The fraction of sp³-hybridized carbons (Fsp3) is 0.100. The number of rotatable bonds is 5. The van der Waals surface area contributed by atoms with Gasteiger partial charge in [0.05, 0.1) is 5.69 Å². The molecule has 10 heteroatoms. The fourth-order valence-electron chi connectivity index (χ4n) is 2.55. The quantitative estimate of drug-likeness (QED) is 0.446. The first-order chi connectivity index (χ1) is 14.3. The number of aryl methyl sites for hydroxylation is 1. The Morgan fingerprint density at radius 2 is 1.53 bits per heavy atom. The van der Waals surface area contributed by atoms with E-state index in [4.69, 9.17) is 11.6 Å². The second kappa shape index (κ2) is 9.38. The Labute approximate surface area is 181 Å². The van der Waals surface area contributed by atoms with Crippen LogP contribution in [0.25, 0.3) is 0 Å². The van der Waals surface area contributed by atoms with E-state index in [-0.39, 0.29) is 16.9 Å². The number of thiazole rings is 1. The van der Waals surface area contributed by atoms with Crippen LogP contribution in [0.2, 0.25) is 5.02 Å². The molecule has 0 unspecified atom stereocenters. The molecule has 0 aliphatic carbocycles. The number of carbonyl (C=O) groups excluding carboxylic acids is 3. The molecule has 0 aliphatic rings. The third-order valence-electron chi connectivity index (χ3n) is 3.75. The lowest BCUT2D eigenvalue weighted by molar-refractivity contribution is -0.114. The lowest BCUT2D eigenvalue weighted by atomic mass is 10.2. The Balaban J connectivity index is 1.66. The molecular weight excluding hydrogens is 426 g/mol. The van der Waals surface area contributed by atoms with E-state index in [1.165, 1.54) is 6.92 Å². The van der Waals surface area contributed by atoms with Crippen LogP contribution >= 0.6 is 22.9 Å². The molecule has 0 aliphatic heterocycles. The maximum atomic E-state index is 12.6. The molecule has 8 nitrogen and oxygen atoms in total. The van der Waals surface area contributed by atoms with Crippen LogP contribution in [0.4, 0.5) is 27.0 Å². The maximum Gasteiger partial charge on any atom is 0.325 e. The van der Waals surface area contributed by atoms with Crippen molar-refractivity contribution in [3.8, 4) is 0 Å². The summed E-state index contributed by atoms with van der Waals surface area (Å²) in [6.07, 6.45) is 0. The number of halogens is 1. The van der Waals surface area contributed by atoms with Gasteiger partial charge >= 0.3 is 6.03 Å². The first kappa shape index (κ1) is 21.3. The van der Waals surface area contributed by atoms with Gasteiger partial charge in [0.15, 0.2) is 5.13 Å². The smallest absolute Gasteiger partial charge is 0.325 e. The molecule has 2 aromatic carbocycles. The lowest BCUT2D eigenvalue weighted by Crippen LogP contribution is -2.19. The van der Waals surface area contributed by atoms with Gasteiger partial charge in [0, 0.05) is 29.0 Å². The van der Waals surface area contributed by atoms with Gasteiger partial charge in [-0.25, -0.2) is 9.78 Å². The van der Waals surface area contributed by atoms with E-state index in [1.54, 1.807) is 55.5 Å². The molecule has 0 spiro atoms. The number of urea groups is 1. The Kier molecular flexibility index (Phi) is 6.65. The van der Waals surface area contributed by atoms with Crippen molar-refractivity contribution in [2.75, 3.05) is 21.3 Å². The molecule has 4 amide bonds. The minimum Gasteiger partial charge on any atom is -0.326 e. The summed E-state index contributed by atoms with van der Waals surface area (Å²) >= 11 is 6.95. The van der Waals surface area contributed by atoms with Gasteiger partial charge in [0.2, 0.25) is 5.91 Å². The number of nitrogens with zero attached hydrogens (tertiary/aromatic N) is 1. The third kappa shape index (κ3) is 5.79. The monoisotopic (exact) mass is 443 g/mol. The first-order valence-electron chi connectivity index (χ1n) is 8.80. The normalized spacial score (nSPS) is 10.2. The van der Waals surface area contributed by atoms with Crippen molar-refractivity contribution in [3.05, 3.63) is 64.1 Å². The summed E-state index contributed by atoms with van der Waals surface area (Å²) in [5.74, 6) is -0.572. The van der Waals surface area contributed by atoms with Crippen molar-refractivity contribution in [1.82, 2.24) is 4.98 Å². The van der Waals surface area contributed by atoms with Gasteiger partial charge in [-0.3, -0.25) is 14.9 Å². The predicted molar refractivity (Wildman–Crippen MR) is 120 cm³/mol. The minimum atomic E-state index is -0.499. The van der Waals surface area contributed by atoms with Gasteiger partial charge in [0.25, 0.3) is 5.91 Å². The van der Waals surface area contributed by atoms with Gasteiger partial charge in [-0.2, -0.15) is 0 Å². The van der Waals surface area contributed by atoms with Crippen molar-refractivity contribution >= 4 is 63.0 Å². The van der Waals surface area contributed by atoms with Gasteiger partial charge in [0.1, 0.15) is 4.88 Å². The van der Waals surface area contributed by atoms with Crippen LogP contribution in [0, 0.1) is 6.92 Å². The fourth-order valence-corrected chi connectivity index (χ4v) is 3.60. The highest BCUT2D eigenvalue weighted by molar-refractivity contribution is 7.17. The molecule has 1 aromatic heterocycles. The molecular formula is C20H18ClN5O3S. The molecule has 0 fully saturated rings. The Morgan fingerprint density at radius 1 is 0.900 bits per heavy atom. The summed E-state index contributed by atoms with van der Waals surface area (Å²) in [7, 11) is 0. The van der Waals surface area contributed by atoms with Crippen molar-refractivity contribution in [3.63, 3.8) is 0 Å². The van der Waals surface area contributed by atoms with Crippen LogP contribution in [0.15, 0.2) is 48.5 Å². The molecule has 0 atom stereocenters. The van der Waals surface area contributed by atoms with Crippen LogP contribution in [0.1, 0.15) is 22.3 Å². The number of aromatic nitrogens is 1. The topological polar surface area (TPSA) is 112 Å². The molecule has 0 saturated carbocycles. The number of nitrogens with one attached hydrogen (secondary N) is 4. The zero-order valence-corrected chi connectivity index (χ0v) is 17.6.